The van der Waals surface area contributed by atoms with Gasteiger partial charge in [-0.3, -0.25) is 0 Å². The van der Waals surface area contributed by atoms with Crippen LogP contribution in [0.4, 0.5) is 23.0 Å². The molecular weight excluding hydrogens is 771 g/mol. The first-order valence-corrected chi connectivity index (χ1v) is 21.0. The third-order valence-corrected chi connectivity index (χ3v) is 11.1. The normalized spacial score (nSPS) is 16.7. The van der Waals surface area contributed by atoms with Crippen LogP contribution in [0.5, 0.6) is 0 Å². The van der Waals surface area contributed by atoms with Crippen LogP contribution in [0.1, 0.15) is 38.8 Å². The lowest BCUT2D eigenvalue weighted by atomic mass is 10.0. The van der Waals surface area contributed by atoms with Crippen molar-refractivity contribution in [2.45, 2.75) is 27.7 Å². The summed E-state index contributed by atoms with van der Waals surface area (Å²) in [5, 5.41) is 37.6. The van der Waals surface area contributed by atoms with E-state index in [2.05, 4.69) is 86.3 Å². The number of aromatic nitrogens is 1. The fraction of sp³-hybridized carbons (Fsp3) is 0.275. The quantitative estimate of drug-likeness (QED) is 0.181. The Kier molecular flexibility index (Phi) is 13.4. The van der Waals surface area contributed by atoms with Crippen molar-refractivity contribution >= 4 is 35.2 Å². The summed E-state index contributed by atoms with van der Waals surface area (Å²) in [4.78, 5) is 14.7. The summed E-state index contributed by atoms with van der Waals surface area (Å²) in [6.45, 7) is 15.1. The van der Waals surface area contributed by atoms with Crippen LogP contribution in [0.25, 0.3) is 12.2 Å². The number of allylic oxidation sites excluding steroid dienone is 12. The van der Waals surface area contributed by atoms with E-state index in [4.69, 9.17) is 14.5 Å². The maximum atomic E-state index is 9.40. The molecule has 0 aliphatic carbocycles. The lowest BCUT2D eigenvalue weighted by Crippen LogP contribution is -2.48. The predicted molar refractivity (Wildman–Crippen MR) is 245 cm³/mol. The van der Waals surface area contributed by atoms with Crippen molar-refractivity contribution in [2.24, 2.45) is 11.8 Å². The summed E-state index contributed by atoms with van der Waals surface area (Å²) in [5.41, 5.74) is 5.67. The molecule has 3 aromatic rings. The van der Waals surface area contributed by atoms with Gasteiger partial charge in [-0.25, -0.2) is 4.98 Å². The predicted octanol–water partition coefficient (Wildman–Crippen LogP) is 9.36. The Morgan fingerprint density at radius 2 is 0.855 bits per heavy atom. The van der Waals surface area contributed by atoms with Crippen LogP contribution < -0.4 is 19.6 Å². The number of anilines is 4. The molecule has 2 aromatic carbocycles. The van der Waals surface area contributed by atoms with Crippen molar-refractivity contribution in [1.29, 1.82) is 21.0 Å². The van der Waals surface area contributed by atoms with E-state index in [0.29, 0.717) is 22.7 Å². The molecule has 2 fully saturated rings. The maximum Gasteiger partial charge on any atom is 0.137 e. The number of hydrogen-bond acceptors (Lipinski definition) is 11. The smallest absolute Gasteiger partial charge is 0.137 e. The van der Waals surface area contributed by atoms with Gasteiger partial charge in [-0.05, 0) is 84.0 Å². The Morgan fingerprint density at radius 3 is 1.19 bits per heavy atom. The monoisotopic (exact) mass is 819 g/mol. The van der Waals surface area contributed by atoms with E-state index in [0.717, 1.165) is 86.6 Å². The van der Waals surface area contributed by atoms with Gasteiger partial charge in [0, 0.05) is 86.7 Å². The zero-order chi connectivity index (χ0) is 43.6. The second-order valence-corrected chi connectivity index (χ2v) is 16.0. The summed E-state index contributed by atoms with van der Waals surface area (Å²) in [6.07, 6.45) is 14.7. The Morgan fingerprint density at radius 1 is 0.500 bits per heavy atom. The largest absolute Gasteiger partial charge is 0.461 e. The highest BCUT2D eigenvalue weighted by atomic mass is 16.5. The van der Waals surface area contributed by atoms with Gasteiger partial charge in [0.25, 0.3) is 0 Å². The van der Waals surface area contributed by atoms with Crippen LogP contribution in [0.2, 0.25) is 0 Å². The van der Waals surface area contributed by atoms with Gasteiger partial charge < -0.3 is 29.1 Å². The molecule has 4 aliphatic rings. The van der Waals surface area contributed by atoms with Crippen molar-refractivity contribution in [1.82, 2.24) is 4.98 Å². The Bertz CT molecular complexity index is 2370. The zero-order valence-corrected chi connectivity index (χ0v) is 35.6. The van der Waals surface area contributed by atoms with Crippen molar-refractivity contribution in [3.8, 4) is 24.3 Å². The number of hydrogen-bond donors (Lipinski definition) is 0. The average Bonchev–Trinajstić information content (AvgIpc) is 3.31. The van der Waals surface area contributed by atoms with Gasteiger partial charge in [0.2, 0.25) is 0 Å². The van der Waals surface area contributed by atoms with Crippen molar-refractivity contribution in [2.75, 3.05) is 72.0 Å². The van der Waals surface area contributed by atoms with E-state index in [1.54, 1.807) is 24.3 Å². The molecule has 0 atom stereocenters. The summed E-state index contributed by atoms with van der Waals surface area (Å²) < 4.78 is 12.1. The van der Waals surface area contributed by atoms with Crippen LogP contribution in [-0.4, -0.2) is 57.3 Å². The molecule has 62 heavy (non-hydrogen) atoms. The molecule has 11 heteroatoms. The molecular formula is C51H49N9O2. The van der Waals surface area contributed by atoms with Gasteiger partial charge >= 0.3 is 0 Å². The van der Waals surface area contributed by atoms with Gasteiger partial charge in [-0.1, -0.05) is 70.2 Å². The second kappa shape index (κ2) is 19.6. The summed E-state index contributed by atoms with van der Waals surface area (Å²) in [5.74, 6) is 4.86. The summed E-state index contributed by atoms with van der Waals surface area (Å²) >= 11 is 0. The highest BCUT2D eigenvalue weighted by molar-refractivity contribution is 5.62. The molecule has 0 N–H and O–H groups in total. The molecule has 0 amide bonds. The Labute approximate surface area is 364 Å². The lowest BCUT2D eigenvalue weighted by molar-refractivity contribution is 0.275. The summed E-state index contributed by atoms with van der Waals surface area (Å²) in [6, 6.07) is 31.2. The number of piperazine rings is 2. The van der Waals surface area contributed by atoms with Crippen LogP contribution in [-0.2, 0) is 9.47 Å². The number of nitriles is 4. The van der Waals surface area contributed by atoms with Crippen LogP contribution in [0.3, 0.4) is 0 Å². The van der Waals surface area contributed by atoms with Gasteiger partial charge in [-0.15, -0.1) is 0 Å². The van der Waals surface area contributed by atoms with Gasteiger partial charge in [0.05, 0.1) is 0 Å². The lowest BCUT2D eigenvalue weighted by Gasteiger charge is -2.38. The Hall–Kier alpha value is -7.73. The molecule has 2 saturated heterocycles. The molecule has 0 bridgehead atoms. The van der Waals surface area contributed by atoms with E-state index < -0.39 is 0 Å². The third-order valence-electron chi connectivity index (χ3n) is 11.1. The molecule has 4 aliphatic heterocycles. The average molecular weight is 820 g/mol. The minimum atomic E-state index is 0.0681. The fourth-order valence-corrected chi connectivity index (χ4v) is 7.52. The van der Waals surface area contributed by atoms with Crippen LogP contribution in [0.15, 0.2) is 149 Å². The van der Waals surface area contributed by atoms with Gasteiger partial charge in [0.1, 0.15) is 70.1 Å². The first-order valence-electron chi connectivity index (χ1n) is 21.0. The minimum absolute atomic E-state index is 0.0681. The molecule has 0 radical (unpaired) electrons. The van der Waals surface area contributed by atoms with Crippen LogP contribution in [0, 0.1) is 57.2 Å². The number of pyridine rings is 1. The summed E-state index contributed by atoms with van der Waals surface area (Å²) in [7, 11) is 0. The maximum absolute atomic E-state index is 9.40. The first-order chi connectivity index (χ1) is 30.1. The first kappa shape index (κ1) is 42.4. The minimum Gasteiger partial charge on any atom is -0.461 e. The molecule has 7 rings (SSSR count). The van der Waals surface area contributed by atoms with Crippen molar-refractivity contribution in [3.05, 3.63) is 160 Å². The van der Waals surface area contributed by atoms with E-state index in [1.165, 1.54) is 11.4 Å². The number of rotatable bonds is 10. The number of ether oxygens (including phenoxy) is 2. The van der Waals surface area contributed by atoms with E-state index in [-0.39, 0.29) is 23.0 Å². The SMILES string of the molecule is CC(C)C1=CC(=C(C#N)C#N)C=C(/C=C/c2ccc(N3CCN(c4cccc(N5CCN(c6ccc(/C=C/C7=CC(=C(C#N)C#N)C=C(C(C)C)O7)cc6)CC5)n4)CC3)cc2)O1. The molecule has 0 spiro atoms. The molecule has 310 valence electrons. The van der Waals surface area contributed by atoms with E-state index in [9.17, 15) is 21.0 Å². The molecule has 0 saturated carbocycles. The second-order valence-electron chi connectivity index (χ2n) is 16.0. The topological polar surface area (TPSA) is 139 Å². The van der Waals surface area contributed by atoms with Crippen molar-refractivity contribution < 1.29 is 9.47 Å². The third kappa shape index (κ3) is 10.2. The number of benzene rings is 2. The van der Waals surface area contributed by atoms with E-state index in [1.807, 2.05) is 76.3 Å². The standard InChI is InChI=1S/C51H49N9O2/c1-36(2)48-30-40(42(32-52)33-53)28-46(61-48)18-12-38-8-14-44(15-9-38)57-20-24-59(25-21-57)50-6-5-7-51(56-50)60-26-22-58(23-27-60)45-16-10-39(11-17-45)13-19-47-29-41(43(34-54)35-55)31-49(62-47)37(3)4/h5-19,28-31,36-37H,20-27H2,1-4H3/b18-12+,19-13+. The molecule has 1 aromatic heterocycles. The Balaban J connectivity index is 0.898. The van der Waals surface area contributed by atoms with Crippen LogP contribution >= 0.6 is 0 Å². The van der Waals surface area contributed by atoms with E-state index >= 15 is 0 Å². The molecule has 11 nitrogen and oxygen atoms in total. The van der Waals surface area contributed by atoms with Crippen molar-refractivity contribution in [3.63, 3.8) is 0 Å². The molecule has 5 heterocycles. The number of nitrogens with zero attached hydrogens (tertiary/aromatic N) is 9. The molecule has 0 unspecified atom stereocenters. The highest BCUT2D eigenvalue weighted by Gasteiger charge is 2.23. The van der Waals surface area contributed by atoms with Gasteiger partial charge in [0.15, 0.2) is 0 Å². The fourth-order valence-electron chi connectivity index (χ4n) is 7.52. The highest BCUT2D eigenvalue weighted by Crippen LogP contribution is 2.30. The zero-order valence-electron chi connectivity index (χ0n) is 35.6. The van der Waals surface area contributed by atoms with Gasteiger partial charge in [-0.2, -0.15) is 21.0 Å².